The lowest BCUT2D eigenvalue weighted by Crippen LogP contribution is -2.21. The van der Waals surface area contributed by atoms with Crippen molar-refractivity contribution in [2.24, 2.45) is 0 Å². The molecule has 0 aliphatic heterocycles. The molecule has 31 heavy (non-hydrogen) atoms. The summed E-state index contributed by atoms with van der Waals surface area (Å²) in [4.78, 5) is 13.4. The Bertz CT molecular complexity index is 1160. The Labute approximate surface area is 197 Å². The van der Waals surface area contributed by atoms with Gasteiger partial charge in [0.05, 0.1) is 19.2 Å². The average Bonchev–Trinajstić information content (AvgIpc) is 3.39. The van der Waals surface area contributed by atoms with Crippen molar-refractivity contribution in [3.8, 4) is 0 Å². The molecule has 0 radical (unpaired) electrons. The van der Waals surface area contributed by atoms with Crippen LogP contribution in [0.3, 0.4) is 0 Å². The van der Waals surface area contributed by atoms with E-state index in [-0.39, 0.29) is 11.7 Å². The van der Waals surface area contributed by atoms with Crippen LogP contribution in [0.15, 0.2) is 24.4 Å². The summed E-state index contributed by atoms with van der Waals surface area (Å²) in [5.74, 6) is -0.518. The minimum Gasteiger partial charge on any atom is -0.465 e. The zero-order valence-electron chi connectivity index (χ0n) is 16.3. The van der Waals surface area contributed by atoms with Gasteiger partial charge in [-0.15, -0.1) is 11.3 Å². The number of anilines is 2. The number of nitrogens with zero attached hydrogens (tertiary/aromatic N) is 2. The van der Waals surface area contributed by atoms with Crippen LogP contribution in [-0.4, -0.2) is 28.0 Å². The number of aryl methyl sites for hydroxylation is 1. The van der Waals surface area contributed by atoms with Crippen LogP contribution >= 0.6 is 46.8 Å². The Hall–Kier alpha value is -2.20. The Morgan fingerprint density at radius 3 is 2.87 bits per heavy atom. The number of benzene rings is 1. The van der Waals surface area contributed by atoms with Gasteiger partial charge >= 0.3 is 5.97 Å². The van der Waals surface area contributed by atoms with Crippen LogP contribution in [0.5, 0.6) is 0 Å². The van der Waals surface area contributed by atoms with E-state index in [1.165, 1.54) is 35.3 Å². The number of nitrogens with one attached hydrogen (secondary N) is 2. The second kappa shape index (κ2) is 9.12. The molecule has 2 aromatic heterocycles. The maximum absolute atomic E-state index is 14.1. The number of hydrogen-bond donors (Lipinski definition) is 2. The fraction of sp³-hybridized carbons (Fsp3) is 0.250. The third-order valence-corrected chi connectivity index (χ3v) is 6.91. The van der Waals surface area contributed by atoms with Gasteiger partial charge < -0.3 is 15.4 Å². The van der Waals surface area contributed by atoms with Crippen molar-refractivity contribution < 1.29 is 13.9 Å². The molecule has 0 spiro atoms. The number of methoxy groups -OCH3 is 1. The molecule has 0 bridgehead atoms. The minimum absolute atomic E-state index is 0.108. The number of thiocarbonyl (C=S) groups is 1. The number of aromatic nitrogens is 2. The first kappa shape index (κ1) is 22.0. The van der Waals surface area contributed by atoms with Crippen molar-refractivity contribution in [3.63, 3.8) is 0 Å². The predicted molar refractivity (Wildman–Crippen MR) is 125 cm³/mol. The molecular formula is C20H17Cl2FN4O2S2. The summed E-state index contributed by atoms with van der Waals surface area (Å²) in [7, 11) is 1.36. The molecule has 0 saturated heterocycles. The van der Waals surface area contributed by atoms with Gasteiger partial charge in [-0.25, -0.2) is 9.18 Å². The molecule has 0 atom stereocenters. The highest BCUT2D eigenvalue weighted by molar-refractivity contribution is 7.80. The van der Waals surface area contributed by atoms with Crippen molar-refractivity contribution >= 4 is 68.7 Å². The lowest BCUT2D eigenvalue weighted by Gasteiger charge is -2.10. The number of carbonyl (C=O) groups is 1. The molecule has 1 aliphatic rings. The van der Waals surface area contributed by atoms with E-state index < -0.39 is 11.8 Å². The highest BCUT2D eigenvalue weighted by Crippen LogP contribution is 2.39. The molecule has 2 heterocycles. The van der Waals surface area contributed by atoms with Crippen molar-refractivity contribution in [3.05, 3.63) is 61.8 Å². The van der Waals surface area contributed by atoms with Crippen LogP contribution in [0.4, 0.5) is 15.2 Å². The molecule has 3 aromatic rings. The molecule has 11 heteroatoms. The van der Waals surface area contributed by atoms with Crippen molar-refractivity contribution in [1.82, 2.24) is 9.78 Å². The number of hydrogen-bond acceptors (Lipinski definition) is 5. The molecule has 1 aliphatic carbocycles. The quantitative estimate of drug-likeness (QED) is 0.356. The maximum atomic E-state index is 14.1. The van der Waals surface area contributed by atoms with E-state index in [1.54, 1.807) is 12.3 Å². The Kier molecular flexibility index (Phi) is 6.47. The summed E-state index contributed by atoms with van der Waals surface area (Å²) in [5, 5.41) is 11.8. The Balaban J connectivity index is 1.50. The number of rotatable bonds is 5. The summed E-state index contributed by atoms with van der Waals surface area (Å²) in [6.07, 6.45) is 4.34. The largest absolute Gasteiger partial charge is 0.465 e. The molecule has 4 rings (SSSR count). The Morgan fingerprint density at radius 1 is 1.32 bits per heavy atom. The average molecular weight is 499 g/mol. The zero-order chi connectivity index (χ0) is 22.1. The van der Waals surface area contributed by atoms with E-state index in [0.29, 0.717) is 32.0 Å². The van der Waals surface area contributed by atoms with E-state index in [0.717, 1.165) is 29.7 Å². The third kappa shape index (κ3) is 4.55. The number of ether oxygens (including phenoxy) is 1. The molecule has 162 valence electrons. The van der Waals surface area contributed by atoms with Crippen molar-refractivity contribution in [1.29, 1.82) is 0 Å². The predicted octanol–water partition coefficient (Wildman–Crippen LogP) is 5.52. The summed E-state index contributed by atoms with van der Waals surface area (Å²) in [6.45, 7) is 0.108. The number of carbonyl (C=O) groups excluding carboxylic acids is 1. The molecule has 0 unspecified atom stereocenters. The van der Waals surface area contributed by atoms with Gasteiger partial charge in [0, 0.05) is 21.7 Å². The molecule has 2 N–H and O–H groups in total. The van der Waals surface area contributed by atoms with E-state index in [9.17, 15) is 9.18 Å². The second-order valence-electron chi connectivity index (χ2n) is 6.86. The summed E-state index contributed by atoms with van der Waals surface area (Å²) in [6, 6.07) is 4.49. The van der Waals surface area contributed by atoms with Crippen LogP contribution in [-0.2, 0) is 24.1 Å². The topological polar surface area (TPSA) is 68.2 Å². The first-order valence-corrected chi connectivity index (χ1v) is 11.3. The van der Waals surface area contributed by atoms with Crippen LogP contribution in [0, 0.1) is 5.82 Å². The smallest absolute Gasteiger partial charge is 0.341 e. The second-order valence-corrected chi connectivity index (χ2v) is 9.18. The van der Waals surface area contributed by atoms with Crippen molar-refractivity contribution in [2.45, 2.75) is 25.8 Å². The van der Waals surface area contributed by atoms with Gasteiger partial charge in [-0.2, -0.15) is 5.10 Å². The van der Waals surface area contributed by atoms with Crippen molar-refractivity contribution in [2.75, 3.05) is 17.7 Å². The van der Waals surface area contributed by atoms with Gasteiger partial charge in [-0.3, -0.25) is 4.68 Å². The zero-order valence-corrected chi connectivity index (χ0v) is 19.4. The lowest BCUT2D eigenvalue weighted by atomic mass is 10.1. The van der Waals surface area contributed by atoms with E-state index >= 15 is 0 Å². The number of halogens is 3. The number of thiophene rings is 1. The highest BCUT2D eigenvalue weighted by atomic mass is 35.5. The molecular weight excluding hydrogens is 482 g/mol. The van der Waals surface area contributed by atoms with Crippen LogP contribution in [0.2, 0.25) is 10.0 Å². The van der Waals surface area contributed by atoms with Gasteiger partial charge in [0.1, 0.15) is 15.8 Å². The van der Waals surface area contributed by atoms with Gasteiger partial charge in [0.2, 0.25) is 0 Å². The molecule has 6 nitrogen and oxygen atoms in total. The molecule has 0 fully saturated rings. The normalized spacial score (nSPS) is 12.5. The number of fused-ring (bicyclic) bond motifs is 1. The van der Waals surface area contributed by atoms with E-state index in [2.05, 4.69) is 15.7 Å². The highest BCUT2D eigenvalue weighted by Gasteiger charge is 2.27. The standard InChI is InChI=1S/C20H17Cl2FN4O2S2/c1-29-19(28)16-10-4-2-7-15(10)31-18(16)25-20(30)24-17-13(22)9-27(26-17)8-11-12(21)5-3-6-14(11)23/h3,5-6,9H,2,4,7-8H2,1H3,(H2,24,25,26,30). The van der Waals surface area contributed by atoms with Crippen LogP contribution in [0.25, 0.3) is 0 Å². The molecule has 0 saturated carbocycles. The van der Waals surface area contributed by atoms with Crippen LogP contribution in [0.1, 0.15) is 32.8 Å². The molecule has 1 aromatic carbocycles. The monoisotopic (exact) mass is 498 g/mol. The fourth-order valence-electron chi connectivity index (χ4n) is 3.46. The maximum Gasteiger partial charge on any atom is 0.341 e. The molecule has 0 amide bonds. The van der Waals surface area contributed by atoms with Crippen LogP contribution < -0.4 is 10.6 Å². The number of esters is 1. The minimum atomic E-state index is -0.424. The summed E-state index contributed by atoms with van der Waals surface area (Å²) >= 11 is 19.2. The lowest BCUT2D eigenvalue weighted by molar-refractivity contribution is 0.0601. The summed E-state index contributed by atoms with van der Waals surface area (Å²) < 4.78 is 20.5. The fourth-order valence-corrected chi connectivity index (χ4v) is 5.43. The van der Waals surface area contributed by atoms with Gasteiger partial charge in [0.15, 0.2) is 10.9 Å². The Morgan fingerprint density at radius 2 is 2.13 bits per heavy atom. The first-order valence-electron chi connectivity index (χ1n) is 9.34. The van der Waals surface area contributed by atoms with E-state index in [4.69, 9.17) is 40.2 Å². The van der Waals surface area contributed by atoms with Gasteiger partial charge in [0.25, 0.3) is 0 Å². The van der Waals surface area contributed by atoms with Gasteiger partial charge in [-0.1, -0.05) is 29.3 Å². The summed E-state index contributed by atoms with van der Waals surface area (Å²) in [5.41, 5.74) is 1.85. The SMILES string of the molecule is COC(=O)c1c(NC(=S)Nc2nn(Cc3c(F)cccc3Cl)cc2Cl)sc2c1CCC2. The first-order chi connectivity index (χ1) is 14.9. The van der Waals surface area contributed by atoms with E-state index in [1.807, 2.05) is 0 Å². The van der Waals surface area contributed by atoms with Gasteiger partial charge in [-0.05, 0) is 49.2 Å². The third-order valence-electron chi connectivity index (χ3n) is 4.87.